The smallest absolute Gasteiger partial charge is 0.309 e. The first kappa shape index (κ1) is 17.4. The zero-order chi connectivity index (χ0) is 18.0. The molecule has 4 heteroatoms. The van der Waals surface area contributed by atoms with Gasteiger partial charge in [0.05, 0.1) is 13.0 Å². The molecule has 1 saturated heterocycles. The molecule has 1 amide bonds. The van der Waals surface area contributed by atoms with Crippen LogP contribution in [0.4, 0.5) is 0 Å². The fourth-order valence-electron chi connectivity index (χ4n) is 7.58. The predicted octanol–water partition coefficient (Wildman–Crippen LogP) is 3.54. The summed E-state index contributed by atoms with van der Waals surface area (Å²) in [4.78, 5) is 24.3. The van der Waals surface area contributed by atoms with Crippen LogP contribution in [-0.2, 0) is 14.3 Å². The summed E-state index contributed by atoms with van der Waals surface area (Å²) >= 11 is 0. The second-order valence-corrected chi connectivity index (χ2v) is 9.83. The van der Waals surface area contributed by atoms with Crippen LogP contribution in [0.5, 0.6) is 0 Å². The number of carbonyl (C=O) groups excluding carboxylic acids is 2. The molecule has 0 spiro atoms. The fraction of sp³-hybridized carbons (Fsp3) is 0.905. The van der Waals surface area contributed by atoms with Crippen molar-refractivity contribution in [1.29, 1.82) is 0 Å². The molecule has 4 nitrogen and oxygen atoms in total. The Bertz CT molecular complexity index is 590. The Kier molecular flexibility index (Phi) is 3.97. The van der Waals surface area contributed by atoms with E-state index in [0.29, 0.717) is 36.1 Å². The number of rotatable bonds is 1. The third kappa shape index (κ3) is 2.31. The first-order valence-corrected chi connectivity index (χ1v) is 10.2. The molecule has 25 heavy (non-hydrogen) atoms. The number of carbonyl (C=O) groups is 2. The molecule has 0 radical (unpaired) electrons. The molecule has 0 bridgehead atoms. The number of esters is 1. The van der Waals surface area contributed by atoms with Crippen molar-refractivity contribution in [1.82, 2.24) is 5.32 Å². The van der Waals surface area contributed by atoms with Crippen LogP contribution in [0.2, 0.25) is 0 Å². The average molecular weight is 347 g/mol. The molecule has 0 aromatic rings. The Morgan fingerprint density at radius 1 is 1.12 bits per heavy atom. The van der Waals surface area contributed by atoms with Gasteiger partial charge in [-0.3, -0.25) is 9.59 Å². The molecule has 3 unspecified atom stereocenters. The van der Waals surface area contributed by atoms with E-state index in [9.17, 15) is 9.59 Å². The van der Waals surface area contributed by atoms with Crippen molar-refractivity contribution in [2.75, 3.05) is 7.11 Å². The second kappa shape index (κ2) is 5.72. The highest BCUT2D eigenvalue weighted by Crippen LogP contribution is 2.66. The van der Waals surface area contributed by atoms with Gasteiger partial charge in [0.25, 0.3) is 0 Å². The molecule has 0 aromatic carbocycles. The van der Waals surface area contributed by atoms with Gasteiger partial charge in [0.2, 0.25) is 5.91 Å². The number of hydrogen-bond acceptors (Lipinski definition) is 3. The zero-order valence-electron chi connectivity index (χ0n) is 16.1. The number of methoxy groups -OCH3 is 1. The summed E-state index contributed by atoms with van der Waals surface area (Å²) in [6.45, 7) is 7.16. The number of piperidine rings is 1. The van der Waals surface area contributed by atoms with E-state index >= 15 is 0 Å². The Balaban J connectivity index is 1.65. The van der Waals surface area contributed by atoms with Crippen molar-refractivity contribution in [3.8, 4) is 0 Å². The molecular formula is C21H33NO3. The van der Waals surface area contributed by atoms with Gasteiger partial charge in [-0.15, -0.1) is 0 Å². The molecule has 4 fully saturated rings. The van der Waals surface area contributed by atoms with E-state index in [-0.39, 0.29) is 28.6 Å². The fourth-order valence-corrected chi connectivity index (χ4v) is 7.58. The minimum atomic E-state index is 0.000862. The van der Waals surface area contributed by atoms with E-state index in [1.54, 1.807) is 0 Å². The molecule has 1 aliphatic heterocycles. The maximum absolute atomic E-state index is 12.4. The van der Waals surface area contributed by atoms with Crippen LogP contribution in [0.1, 0.15) is 65.7 Å². The van der Waals surface area contributed by atoms with Gasteiger partial charge in [-0.05, 0) is 73.0 Å². The maximum Gasteiger partial charge on any atom is 0.309 e. The molecule has 4 rings (SSSR count). The molecule has 0 aromatic heterocycles. The number of hydrogen-bond donors (Lipinski definition) is 1. The molecule has 4 aliphatic rings. The molecule has 1 N–H and O–H groups in total. The number of fused-ring (bicyclic) bond motifs is 5. The third-order valence-corrected chi connectivity index (χ3v) is 8.95. The van der Waals surface area contributed by atoms with E-state index in [4.69, 9.17) is 4.74 Å². The van der Waals surface area contributed by atoms with E-state index in [2.05, 4.69) is 26.1 Å². The quantitative estimate of drug-likeness (QED) is 0.738. The number of nitrogens with one attached hydrogen (secondary N) is 1. The van der Waals surface area contributed by atoms with Gasteiger partial charge in [-0.2, -0.15) is 0 Å². The summed E-state index contributed by atoms with van der Waals surface area (Å²) in [6, 6.07) is 0.340. The Labute approximate surface area is 151 Å². The van der Waals surface area contributed by atoms with Crippen LogP contribution in [-0.4, -0.2) is 25.0 Å². The second-order valence-electron chi connectivity index (χ2n) is 9.83. The Morgan fingerprint density at radius 3 is 2.56 bits per heavy atom. The van der Waals surface area contributed by atoms with E-state index in [1.807, 2.05) is 0 Å². The highest BCUT2D eigenvalue weighted by molar-refractivity contribution is 5.77. The van der Waals surface area contributed by atoms with Gasteiger partial charge >= 0.3 is 5.97 Å². The van der Waals surface area contributed by atoms with E-state index in [0.717, 1.165) is 32.1 Å². The minimum absolute atomic E-state index is 0.000862. The lowest BCUT2D eigenvalue weighted by molar-refractivity contribution is -0.159. The lowest BCUT2D eigenvalue weighted by Gasteiger charge is -2.62. The number of ether oxygens (including phenoxy) is 1. The van der Waals surface area contributed by atoms with Crippen LogP contribution in [0, 0.1) is 40.4 Å². The van der Waals surface area contributed by atoms with E-state index in [1.165, 1.54) is 13.5 Å². The van der Waals surface area contributed by atoms with Crippen LogP contribution in [0.25, 0.3) is 0 Å². The van der Waals surface area contributed by atoms with Crippen molar-refractivity contribution < 1.29 is 14.3 Å². The normalized spacial score (nSPS) is 51.8. The standard InChI is InChI=1S/C21H33NO3/c1-12-11-16-21(3,10-8-17(23)22-16)14-7-9-20(2)13(18(12)14)5-6-15(20)19(24)25-4/h12-16,18H,5-11H2,1-4H3,(H,22,23)/t12?,13-,14+,15?,16?,18-,20-,21+/m0/s1. The third-order valence-electron chi connectivity index (χ3n) is 8.95. The first-order valence-electron chi connectivity index (χ1n) is 10.2. The molecule has 3 aliphatic carbocycles. The summed E-state index contributed by atoms with van der Waals surface area (Å²) < 4.78 is 5.14. The summed E-state index contributed by atoms with van der Waals surface area (Å²) in [5, 5.41) is 3.31. The van der Waals surface area contributed by atoms with Gasteiger partial charge in [0, 0.05) is 12.5 Å². The summed E-state index contributed by atoms with van der Waals surface area (Å²) in [5.74, 6) is 2.91. The van der Waals surface area contributed by atoms with Crippen molar-refractivity contribution in [2.45, 2.75) is 71.8 Å². The first-order chi connectivity index (χ1) is 11.8. The Hall–Kier alpha value is -1.06. The van der Waals surface area contributed by atoms with Crippen LogP contribution in [0.15, 0.2) is 0 Å². The highest BCUT2D eigenvalue weighted by atomic mass is 16.5. The lowest BCUT2D eigenvalue weighted by atomic mass is 9.45. The van der Waals surface area contributed by atoms with Crippen molar-refractivity contribution in [3.05, 3.63) is 0 Å². The minimum Gasteiger partial charge on any atom is -0.469 e. The maximum atomic E-state index is 12.4. The predicted molar refractivity (Wildman–Crippen MR) is 95.6 cm³/mol. The average Bonchev–Trinajstić information content (AvgIpc) is 2.93. The Morgan fingerprint density at radius 2 is 1.84 bits per heavy atom. The molecule has 1 heterocycles. The topological polar surface area (TPSA) is 55.4 Å². The van der Waals surface area contributed by atoms with Gasteiger partial charge in [-0.25, -0.2) is 0 Å². The monoisotopic (exact) mass is 347 g/mol. The van der Waals surface area contributed by atoms with Crippen molar-refractivity contribution >= 4 is 11.9 Å². The SMILES string of the molecule is COC(=O)C1CC[C@H]2[C@@H]3C(C)CC4NC(=O)CC[C@]4(C)[C@@H]3CC[C@]12C. The molecule has 140 valence electrons. The van der Waals surface area contributed by atoms with Gasteiger partial charge in [-0.1, -0.05) is 20.8 Å². The molecule has 3 saturated carbocycles. The number of amides is 1. The summed E-state index contributed by atoms with van der Waals surface area (Å²) in [7, 11) is 1.53. The molecule has 8 atom stereocenters. The molecular weight excluding hydrogens is 314 g/mol. The van der Waals surface area contributed by atoms with Crippen LogP contribution < -0.4 is 5.32 Å². The highest BCUT2D eigenvalue weighted by Gasteiger charge is 2.63. The summed E-state index contributed by atoms with van der Waals surface area (Å²) in [6.07, 6.45) is 7.27. The van der Waals surface area contributed by atoms with Crippen LogP contribution in [0.3, 0.4) is 0 Å². The van der Waals surface area contributed by atoms with Gasteiger partial charge in [0.1, 0.15) is 0 Å². The van der Waals surface area contributed by atoms with Crippen molar-refractivity contribution in [2.24, 2.45) is 40.4 Å². The van der Waals surface area contributed by atoms with Gasteiger partial charge in [0.15, 0.2) is 0 Å². The zero-order valence-corrected chi connectivity index (χ0v) is 16.1. The van der Waals surface area contributed by atoms with Crippen molar-refractivity contribution in [3.63, 3.8) is 0 Å². The largest absolute Gasteiger partial charge is 0.469 e. The summed E-state index contributed by atoms with van der Waals surface area (Å²) in [5.41, 5.74) is 0.333. The van der Waals surface area contributed by atoms with Gasteiger partial charge < -0.3 is 10.1 Å². The van der Waals surface area contributed by atoms with E-state index < -0.39 is 0 Å². The lowest BCUT2D eigenvalue weighted by Crippen LogP contribution is -2.63. The van der Waals surface area contributed by atoms with Crippen LogP contribution >= 0.6 is 0 Å².